The zero-order chi connectivity index (χ0) is 21.7. The second-order valence-electron chi connectivity index (χ2n) is 8.20. The van der Waals surface area contributed by atoms with Gasteiger partial charge in [0, 0.05) is 35.2 Å². The van der Waals surface area contributed by atoms with Crippen LogP contribution in [0.25, 0.3) is 22.4 Å². The van der Waals surface area contributed by atoms with Gasteiger partial charge in [0.15, 0.2) is 5.89 Å². The van der Waals surface area contributed by atoms with Crippen LogP contribution < -0.4 is 4.90 Å². The SMILES string of the molecule is Cc1nc(Cn2c(-c3ccc(N4[C@@H](C)CC[C@@H]4C)nc3)nc3c(Cl)c(Br)ccc32)co1. The molecule has 0 spiro atoms. The number of anilines is 1. The number of aryl methyl sites for hydroxylation is 1. The topological polar surface area (TPSA) is 60.0 Å². The van der Waals surface area contributed by atoms with Crippen LogP contribution >= 0.6 is 27.5 Å². The van der Waals surface area contributed by atoms with Crippen LogP contribution in [0.5, 0.6) is 0 Å². The zero-order valence-corrected chi connectivity index (χ0v) is 20.0. The highest BCUT2D eigenvalue weighted by atomic mass is 79.9. The van der Waals surface area contributed by atoms with Crippen molar-refractivity contribution in [1.82, 2.24) is 19.5 Å². The number of imidazole rings is 1. The van der Waals surface area contributed by atoms with E-state index in [9.17, 15) is 0 Å². The molecule has 1 saturated heterocycles. The van der Waals surface area contributed by atoms with E-state index in [1.807, 2.05) is 25.3 Å². The molecule has 6 nitrogen and oxygen atoms in total. The van der Waals surface area contributed by atoms with Gasteiger partial charge in [0.2, 0.25) is 0 Å². The van der Waals surface area contributed by atoms with Gasteiger partial charge < -0.3 is 13.9 Å². The Balaban J connectivity index is 1.60. The van der Waals surface area contributed by atoms with E-state index in [0.29, 0.717) is 29.5 Å². The van der Waals surface area contributed by atoms with Crippen molar-refractivity contribution in [2.45, 2.75) is 52.2 Å². The van der Waals surface area contributed by atoms with E-state index in [0.717, 1.165) is 38.4 Å². The van der Waals surface area contributed by atoms with E-state index < -0.39 is 0 Å². The second-order valence-corrected chi connectivity index (χ2v) is 9.43. The number of nitrogens with zero attached hydrogens (tertiary/aromatic N) is 5. The number of fused-ring (bicyclic) bond motifs is 1. The molecule has 2 atom stereocenters. The maximum Gasteiger partial charge on any atom is 0.191 e. The highest BCUT2D eigenvalue weighted by Crippen LogP contribution is 2.35. The Morgan fingerprint density at radius 3 is 2.55 bits per heavy atom. The van der Waals surface area contributed by atoms with Crippen LogP contribution in [0.15, 0.2) is 45.6 Å². The van der Waals surface area contributed by atoms with Crippen LogP contribution in [0.4, 0.5) is 5.82 Å². The maximum atomic E-state index is 6.57. The average Bonchev–Trinajstić information content (AvgIpc) is 3.43. The van der Waals surface area contributed by atoms with E-state index in [4.69, 9.17) is 26.0 Å². The Bertz CT molecular complexity index is 1240. The van der Waals surface area contributed by atoms with Crippen LogP contribution in [0, 0.1) is 6.92 Å². The van der Waals surface area contributed by atoms with Gasteiger partial charge in [0.05, 0.1) is 22.8 Å². The molecule has 1 fully saturated rings. The molecule has 0 radical (unpaired) electrons. The summed E-state index contributed by atoms with van der Waals surface area (Å²) >= 11 is 10.1. The van der Waals surface area contributed by atoms with Crippen molar-refractivity contribution in [3.8, 4) is 11.4 Å². The fraction of sp³-hybridized carbons (Fsp3) is 0.348. The highest BCUT2D eigenvalue weighted by Gasteiger charge is 2.28. The molecular weight excluding hydrogens is 478 g/mol. The van der Waals surface area contributed by atoms with Gasteiger partial charge >= 0.3 is 0 Å². The second kappa shape index (κ2) is 7.95. The standard InChI is InChI=1S/C23H23BrClN5O/c1-13-4-5-14(2)30(13)20-9-6-16(10-26-20)23-28-22-19(8-7-18(24)21(22)25)29(23)11-17-12-31-15(3)27-17/h6-10,12-14H,4-5,11H2,1-3H3/t13-,14-/m0/s1. The fourth-order valence-electron chi connectivity index (χ4n) is 4.48. The first kappa shape index (κ1) is 20.5. The minimum Gasteiger partial charge on any atom is -0.449 e. The summed E-state index contributed by atoms with van der Waals surface area (Å²) in [4.78, 5) is 16.6. The summed E-state index contributed by atoms with van der Waals surface area (Å²) in [6.07, 6.45) is 5.99. The minimum atomic E-state index is 0.504. The van der Waals surface area contributed by atoms with Crippen LogP contribution in [-0.4, -0.2) is 31.6 Å². The average molecular weight is 501 g/mol. The van der Waals surface area contributed by atoms with Gasteiger partial charge in [-0.3, -0.25) is 0 Å². The van der Waals surface area contributed by atoms with Crippen molar-refractivity contribution < 1.29 is 4.42 Å². The number of aromatic nitrogens is 4. The lowest BCUT2D eigenvalue weighted by Gasteiger charge is -2.27. The van der Waals surface area contributed by atoms with Crippen molar-refractivity contribution in [3.05, 3.63) is 57.8 Å². The summed E-state index contributed by atoms with van der Waals surface area (Å²) in [6, 6.07) is 9.15. The number of halogens is 2. The third-order valence-electron chi connectivity index (χ3n) is 6.02. The highest BCUT2D eigenvalue weighted by molar-refractivity contribution is 9.10. The predicted molar refractivity (Wildman–Crippen MR) is 127 cm³/mol. The number of hydrogen-bond acceptors (Lipinski definition) is 5. The van der Waals surface area contributed by atoms with E-state index >= 15 is 0 Å². The number of benzene rings is 1. The molecule has 8 heteroatoms. The van der Waals surface area contributed by atoms with Crippen molar-refractivity contribution in [3.63, 3.8) is 0 Å². The lowest BCUT2D eigenvalue weighted by Crippen LogP contribution is -2.33. The number of rotatable bonds is 4. The molecule has 0 bridgehead atoms. The Hall–Kier alpha value is -2.38. The maximum absolute atomic E-state index is 6.57. The third-order valence-corrected chi connectivity index (χ3v) is 7.29. The Labute approximate surface area is 194 Å². The van der Waals surface area contributed by atoms with Crippen LogP contribution in [0.2, 0.25) is 5.02 Å². The van der Waals surface area contributed by atoms with Crippen LogP contribution in [0.1, 0.15) is 38.3 Å². The van der Waals surface area contributed by atoms with E-state index in [1.54, 1.807) is 6.26 Å². The first-order chi connectivity index (χ1) is 14.9. The summed E-state index contributed by atoms with van der Waals surface area (Å²) in [5, 5.41) is 0.595. The zero-order valence-electron chi connectivity index (χ0n) is 17.6. The Morgan fingerprint density at radius 1 is 1.13 bits per heavy atom. The minimum absolute atomic E-state index is 0.504. The van der Waals surface area contributed by atoms with Crippen molar-refractivity contribution in [1.29, 1.82) is 0 Å². The van der Waals surface area contributed by atoms with Gasteiger partial charge in [0.25, 0.3) is 0 Å². The van der Waals surface area contributed by atoms with Crippen LogP contribution in [0.3, 0.4) is 0 Å². The van der Waals surface area contributed by atoms with E-state index in [2.05, 4.69) is 56.4 Å². The quantitative estimate of drug-likeness (QED) is 0.332. The molecular formula is C23H23BrClN5O. The molecule has 4 heterocycles. The smallest absolute Gasteiger partial charge is 0.191 e. The molecule has 0 aliphatic carbocycles. The normalized spacial score (nSPS) is 18.9. The summed E-state index contributed by atoms with van der Waals surface area (Å²) < 4.78 is 8.34. The van der Waals surface area contributed by atoms with Gasteiger partial charge in [-0.1, -0.05) is 11.6 Å². The van der Waals surface area contributed by atoms with Gasteiger partial charge in [0.1, 0.15) is 23.4 Å². The number of hydrogen-bond donors (Lipinski definition) is 0. The predicted octanol–water partition coefficient (Wildman–Crippen LogP) is 6.24. The molecule has 31 heavy (non-hydrogen) atoms. The van der Waals surface area contributed by atoms with E-state index in [-0.39, 0.29) is 0 Å². The monoisotopic (exact) mass is 499 g/mol. The summed E-state index contributed by atoms with van der Waals surface area (Å²) in [5.41, 5.74) is 3.46. The summed E-state index contributed by atoms with van der Waals surface area (Å²) in [6.45, 7) is 6.90. The van der Waals surface area contributed by atoms with Crippen LogP contribution in [-0.2, 0) is 6.54 Å². The summed E-state index contributed by atoms with van der Waals surface area (Å²) in [7, 11) is 0. The lowest BCUT2D eigenvalue weighted by atomic mass is 10.2. The molecule has 0 amide bonds. The molecule has 4 aromatic rings. The third kappa shape index (κ3) is 3.64. The molecule has 160 valence electrons. The van der Waals surface area contributed by atoms with Gasteiger partial charge in [-0.25, -0.2) is 15.0 Å². The van der Waals surface area contributed by atoms with E-state index in [1.165, 1.54) is 12.8 Å². The lowest BCUT2D eigenvalue weighted by molar-refractivity contribution is 0.520. The summed E-state index contributed by atoms with van der Waals surface area (Å²) in [5.74, 6) is 2.45. The van der Waals surface area contributed by atoms with Gasteiger partial charge in [-0.15, -0.1) is 0 Å². The molecule has 0 N–H and O–H groups in total. The molecule has 0 unspecified atom stereocenters. The van der Waals surface area contributed by atoms with Crippen molar-refractivity contribution >= 4 is 44.4 Å². The molecule has 1 aliphatic heterocycles. The van der Waals surface area contributed by atoms with Gasteiger partial charge in [-0.05, 0) is 66.9 Å². The fourth-order valence-corrected chi connectivity index (χ4v) is 5.00. The Morgan fingerprint density at radius 2 is 1.90 bits per heavy atom. The molecule has 3 aromatic heterocycles. The van der Waals surface area contributed by atoms with Gasteiger partial charge in [-0.2, -0.15) is 0 Å². The first-order valence-electron chi connectivity index (χ1n) is 10.4. The van der Waals surface area contributed by atoms with Crippen molar-refractivity contribution in [2.75, 3.05) is 4.90 Å². The number of pyridine rings is 1. The molecule has 5 rings (SSSR count). The molecule has 1 aliphatic rings. The number of oxazole rings is 1. The largest absolute Gasteiger partial charge is 0.449 e. The Kier molecular flexibility index (Phi) is 5.26. The van der Waals surface area contributed by atoms with Crippen molar-refractivity contribution in [2.24, 2.45) is 0 Å². The molecule has 1 aromatic carbocycles. The first-order valence-corrected chi connectivity index (χ1v) is 11.6. The molecule has 0 saturated carbocycles.